The van der Waals surface area contributed by atoms with Gasteiger partial charge < -0.3 is 24.4 Å². The molecule has 0 atom stereocenters. The van der Waals surface area contributed by atoms with Gasteiger partial charge in [0.25, 0.3) is 0 Å². The van der Waals surface area contributed by atoms with Crippen molar-refractivity contribution in [1.82, 2.24) is 10.2 Å². The van der Waals surface area contributed by atoms with Crippen LogP contribution in [0.25, 0.3) is 0 Å². The van der Waals surface area contributed by atoms with Gasteiger partial charge in [-0.05, 0) is 18.1 Å². The third kappa shape index (κ3) is 3.67. The second kappa shape index (κ2) is 7.11. The second-order valence-electron chi connectivity index (χ2n) is 5.57. The molecule has 2 fully saturated rings. The fourth-order valence-corrected chi connectivity index (χ4v) is 2.71. The van der Waals surface area contributed by atoms with Gasteiger partial charge in [-0.25, -0.2) is 0 Å². The summed E-state index contributed by atoms with van der Waals surface area (Å²) in [5.41, 5.74) is 1.22. The Morgan fingerprint density at radius 3 is 2.76 bits per heavy atom. The van der Waals surface area contributed by atoms with Gasteiger partial charge in [0.15, 0.2) is 11.5 Å². The van der Waals surface area contributed by atoms with Crippen LogP contribution in [0.2, 0.25) is 0 Å². The van der Waals surface area contributed by atoms with Gasteiger partial charge in [0.2, 0.25) is 0 Å². The topological polar surface area (TPSA) is 43.0 Å². The molecule has 0 radical (unpaired) electrons. The van der Waals surface area contributed by atoms with Gasteiger partial charge in [-0.2, -0.15) is 0 Å². The predicted molar refractivity (Wildman–Crippen MR) is 81.2 cm³/mol. The van der Waals surface area contributed by atoms with Gasteiger partial charge in [0.1, 0.15) is 6.10 Å². The van der Waals surface area contributed by atoms with E-state index in [0.717, 1.165) is 50.6 Å². The second-order valence-corrected chi connectivity index (χ2v) is 5.57. The van der Waals surface area contributed by atoms with Crippen LogP contribution in [0.5, 0.6) is 11.5 Å². The summed E-state index contributed by atoms with van der Waals surface area (Å²) in [5, 5.41) is 3.38. The van der Waals surface area contributed by atoms with E-state index in [4.69, 9.17) is 14.2 Å². The molecule has 116 valence electrons. The SMILES string of the molecule is COc1cccc(CCN2CCNCC2)c1OC1COC1. The van der Waals surface area contributed by atoms with E-state index in [9.17, 15) is 0 Å². The molecule has 3 rings (SSSR count). The zero-order valence-corrected chi connectivity index (χ0v) is 12.6. The van der Waals surface area contributed by atoms with Crippen molar-refractivity contribution in [2.75, 3.05) is 53.0 Å². The Kier molecular flexibility index (Phi) is 4.95. The van der Waals surface area contributed by atoms with Crippen LogP contribution < -0.4 is 14.8 Å². The number of rotatable bonds is 6. The van der Waals surface area contributed by atoms with Crippen molar-refractivity contribution in [3.63, 3.8) is 0 Å². The summed E-state index contributed by atoms with van der Waals surface area (Å²) < 4.78 is 16.7. The van der Waals surface area contributed by atoms with Crippen LogP contribution in [0.3, 0.4) is 0 Å². The predicted octanol–water partition coefficient (Wildman–Crippen LogP) is 0.920. The molecular formula is C16H24N2O3. The smallest absolute Gasteiger partial charge is 0.165 e. The first-order valence-corrected chi connectivity index (χ1v) is 7.70. The number of nitrogens with one attached hydrogen (secondary N) is 1. The molecule has 2 aliphatic heterocycles. The van der Waals surface area contributed by atoms with Gasteiger partial charge in [0, 0.05) is 32.7 Å². The Hall–Kier alpha value is -1.30. The van der Waals surface area contributed by atoms with E-state index in [-0.39, 0.29) is 6.10 Å². The van der Waals surface area contributed by atoms with Crippen LogP contribution in [0.15, 0.2) is 18.2 Å². The molecule has 2 saturated heterocycles. The highest BCUT2D eigenvalue weighted by molar-refractivity contribution is 5.47. The third-order valence-electron chi connectivity index (χ3n) is 4.08. The fraction of sp³-hybridized carbons (Fsp3) is 0.625. The molecule has 0 aromatic heterocycles. The van der Waals surface area contributed by atoms with Crippen molar-refractivity contribution in [1.29, 1.82) is 0 Å². The van der Waals surface area contributed by atoms with Crippen LogP contribution in [-0.2, 0) is 11.2 Å². The number of hydrogen-bond donors (Lipinski definition) is 1. The summed E-state index contributed by atoms with van der Waals surface area (Å²) in [5.74, 6) is 1.71. The fourth-order valence-electron chi connectivity index (χ4n) is 2.71. The summed E-state index contributed by atoms with van der Waals surface area (Å²) in [6.07, 6.45) is 1.15. The van der Waals surface area contributed by atoms with Gasteiger partial charge in [0.05, 0.1) is 20.3 Å². The number of ether oxygens (including phenoxy) is 3. The largest absolute Gasteiger partial charge is 0.493 e. The minimum atomic E-state index is 0.166. The zero-order valence-electron chi connectivity index (χ0n) is 12.6. The standard InChI is InChI=1S/C16H24N2O3/c1-19-15-4-2-3-13(16(15)21-14-11-20-12-14)5-8-18-9-6-17-7-10-18/h2-4,14,17H,5-12H2,1H3. The molecule has 0 bridgehead atoms. The highest BCUT2D eigenvalue weighted by Gasteiger charge is 2.23. The molecule has 1 aromatic rings. The minimum absolute atomic E-state index is 0.166. The Morgan fingerprint density at radius 1 is 1.29 bits per heavy atom. The number of piperazine rings is 1. The van der Waals surface area contributed by atoms with Gasteiger partial charge >= 0.3 is 0 Å². The van der Waals surface area contributed by atoms with Crippen molar-refractivity contribution in [3.8, 4) is 11.5 Å². The number of nitrogens with zero attached hydrogens (tertiary/aromatic N) is 1. The highest BCUT2D eigenvalue weighted by Crippen LogP contribution is 2.33. The Bertz CT molecular complexity index is 457. The summed E-state index contributed by atoms with van der Waals surface area (Å²) in [6, 6.07) is 6.14. The Morgan fingerprint density at radius 2 is 2.10 bits per heavy atom. The normalized spacial score (nSPS) is 20.0. The lowest BCUT2D eigenvalue weighted by Gasteiger charge is -2.30. The lowest BCUT2D eigenvalue weighted by atomic mass is 10.1. The molecular weight excluding hydrogens is 268 g/mol. The number of methoxy groups -OCH3 is 1. The Balaban J connectivity index is 1.66. The van der Waals surface area contributed by atoms with E-state index < -0.39 is 0 Å². The average Bonchev–Trinajstić information content (AvgIpc) is 2.50. The van der Waals surface area contributed by atoms with Gasteiger partial charge in [-0.3, -0.25) is 0 Å². The first-order chi connectivity index (χ1) is 10.4. The molecule has 0 saturated carbocycles. The molecule has 0 unspecified atom stereocenters. The summed E-state index contributed by atoms with van der Waals surface area (Å²) in [7, 11) is 1.69. The number of hydrogen-bond acceptors (Lipinski definition) is 5. The molecule has 2 aliphatic rings. The Labute approximate surface area is 126 Å². The van der Waals surface area contributed by atoms with E-state index in [0.29, 0.717) is 13.2 Å². The van der Waals surface area contributed by atoms with Crippen LogP contribution >= 0.6 is 0 Å². The molecule has 0 amide bonds. The molecule has 0 spiro atoms. The summed E-state index contributed by atoms with van der Waals surface area (Å²) in [4.78, 5) is 2.49. The maximum atomic E-state index is 6.06. The molecule has 1 aromatic carbocycles. The highest BCUT2D eigenvalue weighted by atomic mass is 16.6. The van der Waals surface area contributed by atoms with Crippen molar-refractivity contribution >= 4 is 0 Å². The number of benzene rings is 1. The van der Waals surface area contributed by atoms with Crippen LogP contribution in [0.4, 0.5) is 0 Å². The van der Waals surface area contributed by atoms with Crippen molar-refractivity contribution in [2.45, 2.75) is 12.5 Å². The maximum absolute atomic E-state index is 6.06. The number of para-hydroxylation sites is 1. The molecule has 0 aliphatic carbocycles. The van der Waals surface area contributed by atoms with Gasteiger partial charge in [-0.15, -0.1) is 0 Å². The molecule has 1 N–H and O–H groups in total. The lowest BCUT2D eigenvalue weighted by Crippen LogP contribution is -2.44. The molecule has 2 heterocycles. The quantitative estimate of drug-likeness (QED) is 0.844. The van der Waals surface area contributed by atoms with Crippen molar-refractivity contribution in [2.24, 2.45) is 0 Å². The monoisotopic (exact) mass is 292 g/mol. The van der Waals surface area contributed by atoms with E-state index in [1.165, 1.54) is 5.56 Å². The first kappa shape index (κ1) is 14.6. The minimum Gasteiger partial charge on any atom is -0.493 e. The van der Waals surface area contributed by atoms with Crippen LogP contribution in [-0.4, -0.2) is 64.1 Å². The van der Waals surface area contributed by atoms with E-state index in [1.54, 1.807) is 7.11 Å². The van der Waals surface area contributed by atoms with E-state index >= 15 is 0 Å². The molecule has 21 heavy (non-hydrogen) atoms. The first-order valence-electron chi connectivity index (χ1n) is 7.70. The van der Waals surface area contributed by atoms with E-state index in [2.05, 4.69) is 16.3 Å². The molecule has 5 nitrogen and oxygen atoms in total. The lowest BCUT2D eigenvalue weighted by molar-refractivity contribution is -0.0806. The summed E-state index contributed by atoms with van der Waals surface area (Å²) >= 11 is 0. The van der Waals surface area contributed by atoms with Crippen LogP contribution in [0, 0.1) is 0 Å². The third-order valence-corrected chi connectivity index (χ3v) is 4.08. The average molecular weight is 292 g/mol. The maximum Gasteiger partial charge on any atom is 0.165 e. The molecule has 5 heteroatoms. The van der Waals surface area contributed by atoms with Gasteiger partial charge in [-0.1, -0.05) is 12.1 Å². The van der Waals surface area contributed by atoms with E-state index in [1.807, 2.05) is 12.1 Å². The zero-order chi connectivity index (χ0) is 14.5. The summed E-state index contributed by atoms with van der Waals surface area (Å²) in [6.45, 7) is 6.83. The van der Waals surface area contributed by atoms with Crippen molar-refractivity contribution in [3.05, 3.63) is 23.8 Å². The van der Waals surface area contributed by atoms with Crippen LogP contribution in [0.1, 0.15) is 5.56 Å². The van der Waals surface area contributed by atoms with Crippen molar-refractivity contribution < 1.29 is 14.2 Å².